The van der Waals surface area contributed by atoms with Gasteiger partial charge in [-0.25, -0.2) is 4.79 Å². The summed E-state index contributed by atoms with van der Waals surface area (Å²) < 4.78 is 0. The molecule has 0 spiro atoms. The van der Waals surface area contributed by atoms with Gasteiger partial charge in [-0.15, -0.1) is 12.3 Å². The van der Waals surface area contributed by atoms with Crippen LogP contribution in [0.15, 0.2) is 0 Å². The molecule has 1 radical (unpaired) electrons. The summed E-state index contributed by atoms with van der Waals surface area (Å²) in [7, 11) is 0. The largest absolute Gasteiger partial charge is 0.351 e. The normalized spacial score (nSPS) is 17.9. The number of carbonyl (C=O) groups is 2. The predicted molar refractivity (Wildman–Crippen MR) is 42.6 cm³/mol. The summed E-state index contributed by atoms with van der Waals surface area (Å²) in [6.07, 6.45) is 5.89. The maximum Gasteiger partial charge on any atom is 0.321 e. The Balaban J connectivity index is 2.62. The van der Waals surface area contributed by atoms with Crippen LogP contribution in [0.25, 0.3) is 0 Å². The van der Waals surface area contributed by atoms with Crippen molar-refractivity contribution in [1.82, 2.24) is 4.90 Å². The molecule has 0 saturated carbocycles. The summed E-state index contributed by atoms with van der Waals surface area (Å²) in [6, 6.07) is -0.702. The van der Waals surface area contributed by atoms with Crippen LogP contribution in [-0.4, -0.2) is 23.4 Å². The van der Waals surface area contributed by atoms with Gasteiger partial charge in [0.05, 0.1) is 5.92 Å². The van der Waals surface area contributed by atoms with E-state index >= 15 is 0 Å². The van der Waals surface area contributed by atoms with Crippen molar-refractivity contribution in [3.8, 4) is 12.3 Å². The number of nitrogens with two attached hydrogens (primary N) is 1. The van der Waals surface area contributed by atoms with E-state index in [2.05, 4.69) is 5.92 Å². The quantitative estimate of drug-likeness (QED) is 0.551. The average molecular weight is 165 g/mol. The van der Waals surface area contributed by atoms with E-state index in [1.165, 1.54) is 0 Å². The Morgan fingerprint density at radius 1 is 1.75 bits per heavy atom. The lowest BCUT2D eigenvalue weighted by Gasteiger charge is -2.09. The molecule has 1 heterocycles. The molecule has 1 aliphatic rings. The lowest BCUT2D eigenvalue weighted by atomic mass is 10.1. The third-order valence-electron chi connectivity index (χ3n) is 1.77. The van der Waals surface area contributed by atoms with E-state index in [1.807, 2.05) is 0 Å². The van der Waals surface area contributed by atoms with Gasteiger partial charge in [-0.2, -0.15) is 0 Å². The highest BCUT2D eigenvalue weighted by Gasteiger charge is 2.34. The Morgan fingerprint density at radius 3 is 2.83 bits per heavy atom. The number of hydrogen-bond donors (Lipinski definition) is 1. The van der Waals surface area contributed by atoms with E-state index in [0.717, 1.165) is 4.90 Å². The Labute approximate surface area is 70.7 Å². The van der Waals surface area contributed by atoms with Crippen LogP contribution in [0.5, 0.6) is 0 Å². The summed E-state index contributed by atoms with van der Waals surface area (Å²) in [6.45, 7) is 0.366. The van der Waals surface area contributed by atoms with Crippen LogP contribution in [0.4, 0.5) is 4.79 Å². The van der Waals surface area contributed by atoms with E-state index in [1.54, 1.807) is 0 Å². The molecule has 4 heteroatoms. The van der Waals surface area contributed by atoms with Crippen molar-refractivity contribution < 1.29 is 9.59 Å². The monoisotopic (exact) mass is 165 g/mol. The van der Waals surface area contributed by atoms with Crippen LogP contribution >= 0.6 is 0 Å². The summed E-state index contributed by atoms with van der Waals surface area (Å²) >= 11 is 0. The molecule has 0 aromatic carbocycles. The molecular weight excluding hydrogens is 156 g/mol. The van der Waals surface area contributed by atoms with Gasteiger partial charge < -0.3 is 5.73 Å². The zero-order chi connectivity index (χ0) is 9.14. The van der Waals surface area contributed by atoms with Gasteiger partial charge in [0.25, 0.3) is 0 Å². The fourth-order valence-electron chi connectivity index (χ4n) is 1.14. The number of likely N-dealkylation sites (tertiary alicyclic amines) is 1. The first-order chi connectivity index (χ1) is 5.66. The van der Waals surface area contributed by atoms with Crippen molar-refractivity contribution in [3.05, 3.63) is 5.92 Å². The Kier molecular flexibility index (Phi) is 2.34. The summed E-state index contributed by atoms with van der Waals surface area (Å²) in [4.78, 5) is 22.9. The van der Waals surface area contributed by atoms with Crippen molar-refractivity contribution in [2.24, 2.45) is 5.73 Å². The molecule has 1 saturated heterocycles. The standard InChI is InChI=1S/C8H9N2O2/c1-2-3-6-4-5-10(7(6)11)8(9)12/h1H,3-5H2,(H2,9,12). The maximum absolute atomic E-state index is 11.2. The minimum absolute atomic E-state index is 0.308. The van der Waals surface area contributed by atoms with Gasteiger partial charge in [0.15, 0.2) is 0 Å². The van der Waals surface area contributed by atoms with Gasteiger partial charge in [0.2, 0.25) is 5.91 Å². The molecule has 2 N–H and O–H groups in total. The first-order valence-corrected chi connectivity index (χ1v) is 3.56. The number of nitrogens with zero attached hydrogens (tertiary/aromatic N) is 1. The lowest BCUT2D eigenvalue weighted by Crippen LogP contribution is -2.37. The van der Waals surface area contributed by atoms with Gasteiger partial charge in [-0.1, -0.05) is 0 Å². The first kappa shape index (κ1) is 8.60. The van der Waals surface area contributed by atoms with E-state index in [9.17, 15) is 9.59 Å². The van der Waals surface area contributed by atoms with Gasteiger partial charge in [-0.3, -0.25) is 9.69 Å². The molecule has 1 aliphatic heterocycles. The smallest absolute Gasteiger partial charge is 0.321 e. The number of rotatable bonds is 1. The molecule has 0 aromatic heterocycles. The first-order valence-electron chi connectivity index (χ1n) is 3.56. The summed E-state index contributed by atoms with van der Waals surface area (Å²) in [5, 5.41) is 0. The Hall–Kier alpha value is -1.50. The predicted octanol–water partition coefficient (Wildman–Crippen LogP) is -0.105. The zero-order valence-corrected chi connectivity index (χ0v) is 6.54. The molecule has 0 aliphatic carbocycles. The van der Waals surface area contributed by atoms with Gasteiger partial charge in [0.1, 0.15) is 0 Å². The molecule has 4 nitrogen and oxygen atoms in total. The number of imide groups is 1. The topological polar surface area (TPSA) is 63.4 Å². The minimum Gasteiger partial charge on any atom is -0.351 e. The summed E-state index contributed by atoms with van der Waals surface area (Å²) in [5.74, 6) is 2.64. The van der Waals surface area contributed by atoms with Crippen molar-refractivity contribution in [3.63, 3.8) is 0 Å². The molecule has 63 valence electrons. The highest BCUT2D eigenvalue weighted by molar-refractivity contribution is 6.03. The molecular formula is C8H9N2O2. The van der Waals surface area contributed by atoms with Crippen LogP contribution in [-0.2, 0) is 4.79 Å². The van der Waals surface area contributed by atoms with Crippen LogP contribution in [0, 0.1) is 18.3 Å². The van der Waals surface area contributed by atoms with Crippen molar-refractivity contribution in [2.75, 3.05) is 6.54 Å². The minimum atomic E-state index is -0.702. The van der Waals surface area contributed by atoms with E-state index < -0.39 is 6.03 Å². The lowest BCUT2D eigenvalue weighted by molar-refractivity contribution is -0.123. The highest BCUT2D eigenvalue weighted by Crippen LogP contribution is 2.22. The van der Waals surface area contributed by atoms with Crippen LogP contribution in [0.1, 0.15) is 12.8 Å². The number of urea groups is 1. The number of primary amides is 1. The summed E-state index contributed by atoms with van der Waals surface area (Å²) in [5.41, 5.74) is 4.95. The average Bonchev–Trinajstić information content (AvgIpc) is 2.34. The highest BCUT2D eigenvalue weighted by atomic mass is 16.2. The molecule has 0 aromatic rings. The zero-order valence-electron chi connectivity index (χ0n) is 6.54. The number of terminal acetylenes is 1. The van der Waals surface area contributed by atoms with E-state index in [0.29, 0.717) is 25.3 Å². The molecule has 12 heavy (non-hydrogen) atoms. The third kappa shape index (κ3) is 1.40. The second-order valence-corrected chi connectivity index (χ2v) is 2.53. The molecule has 1 rings (SSSR count). The number of carbonyl (C=O) groups excluding carboxylic acids is 2. The number of hydrogen-bond acceptors (Lipinski definition) is 2. The van der Waals surface area contributed by atoms with E-state index in [4.69, 9.17) is 12.2 Å². The molecule has 0 bridgehead atoms. The van der Waals surface area contributed by atoms with Crippen LogP contribution in [0.3, 0.4) is 0 Å². The second-order valence-electron chi connectivity index (χ2n) is 2.53. The van der Waals surface area contributed by atoms with Crippen LogP contribution < -0.4 is 5.73 Å². The van der Waals surface area contributed by atoms with Gasteiger partial charge in [-0.05, 0) is 6.42 Å². The molecule has 0 atom stereocenters. The fourth-order valence-corrected chi connectivity index (χ4v) is 1.14. The SMILES string of the molecule is C#CC[C]1CCN(C(N)=O)C1=O. The molecule has 0 unspecified atom stereocenters. The van der Waals surface area contributed by atoms with Gasteiger partial charge >= 0.3 is 6.03 Å². The Bertz CT molecular complexity index is 254. The third-order valence-corrected chi connectivity index (χ3v) is 1.77. The van der Waals surface area contributed by atoms with Crippen LogP contribution in [0.2, 0.25) is 0 Å². The Morgan fingerprint density at radius 2 is 2.42 bits per heavy atom. The number of amides is 3. The van der Waals surface area contributed by atoms with Gasteiger partial charge in [0, 0.05) is 13.0 Å². The fraction of sp³-hybridized carbons (Fsp3) is 0.375. The second kappa shape index (κ2) is 3.26. The van der Waals surface area contributed by atoms with E-state index in [-0.39, 0.29) is 5.91 Å². The molecule has 3 amide bonds. The van der Waals surface area contributed by atoms with Crippen molar-refractivity contribution in [2.45, 2.75) is 12.8 Å². The molecule has 1 fully saturated rings. The van der Waals surface area contributed by atoms with Crippen molar-refractivity contribution >= 4 is 11.9 Å². The van der Waals surface area contributed by atoms with Crippen molar-refractivity contribution in [1.29, 1.82) is 0 Å². The maximum atomic E-state index is 11.2.